The Morgan fingerprint density at radius 2 is 2.00 bits per heavy atom. The van der Waals surface area contributed by atoms with E-state index in [-0.39, 0.29) is 5.12 Å². The number of thioether (sulfide) groups is 1. The number of hydrogen-bond acceptors (Lipinski definition) is 4. The van der Waals surface area contributed by atoms with Crippen LogP contribution in [0.5, 0.6) is 0 Å². The molecular formula is C18H16ClN3OS. The molecule has 0 unspecified atom stereocenters. The predicted molar refractivity (Wildman–Crippen MR) is 97.0 cm³/mol. The smallest absolute Gasteiger partial charge is 0.229 e. The molecule has 1 aromatic carbocycles. The third kappa shape index (κ3) is 3.68. The molecule has 0 saturated heterocycles. The number of benzene rings is 1. The van der Waals surface area contributed by atoms with Gasteiger partial charge in [-0.2, -0.15) is 5.10 Å². The molecule has 6 heteroatoms. The first-order chi connectivity index (χ1) is 11.7. The number of rotatable bonds is 5. The van der Waals surface area contributed by atoms with E-state index in [1.54, 1.807) is 12.4 Å². The first-order valence-corrected chi connectivity index (χ1v) is 8.84. The summed E-state index contributed by atoms with van der Waals surface area (Å²) in [4.78, 5) is 16.9. The van der Waals surface area contributed by atoms with Crippen molar-refractivity contribution in [2.24, 2.45) is 0 Å². The largest absolute Gasteiger partial charge is 0.281 e. The van der Waals surface area contributed by atoms with Gasteiger partial charge in [-0.25, -0.2) is 9.67 Å². The topological polar surface area (TPSA) is 47.8 Å². The fourth-order valence-electron chi connectivity index (χ4n) is 2.38. The van der Waals surface area contributed by atoms with Gasteiger partial charge in [0.1, 0.15) is 5.03 Å². The average Bonchev–Trinajstić information content (AvgIpc) is 3.01. The minimum atomic E-state index is -0.0441. The predicted octanol–water partition coefficient (Wildman–Crippen LogP) is 4.81. The Labute approximate surface area is 149 Å². The summed E-state index contributed by atoms with van der Waals surface area (Å²) < 4.78 is 1.81. The van der Waals surface area contributed by atoms with Gasteiger partial charge >= 0.3 is 0 Å². The molecular weight excluding hydrogens is 342 g/mol. The van der Waals surface area contributed by atoms with Crippen LogP contribution < -0.4 is 0 Å². The Kier molecular flexibility index (Phi) is 5.33. The number of nitrogens with zero attached hydrogens (tertiary/aromatic N) is 3. The van der Waals surface area contributed by atoms with E-state index in [0.29, 0.717) is 15.6 Å². The van der Waals surface area contributed by atoms with Crippen molar-refractivity contribution in [1.82, 2.24) is 14.8 Å². The second-order valence-corrected chi connectivity index (χ2v) is 6.63. The molecule has 0 aliphatic rings. The number of halogens is 1. The van der Waals surface area contributed by atoms with E-state index in [9.17, 15) is 4.79 Å². The van der Waals surface area contributed by atoms with Crippen LogP contribution in [0.1, 0.15) is 29.4 Å². The lowest BCUT2D eigenvalue weighted by Crippen LogP contribution is -2.05. The quantitative estimate of drug-likeness (QED) is 0.615. The SMILES string of the molecule is CCCc1c(C(=O)Sc2ccccn2)cnn1-c1ccc(Cl)cc1. The van der Waals surface area contributed by atoms with E-state index < -0.39 is 0 Å². The first kappa shape index (κ1) is 16.7. The molecule has 0 saturated carbocycles. The molecule has 0 amide bonds. The van der Waals surface area contributed by atoms with Crippen LogP contribution in [0, 0.1) is 0 Å². The summed E-state index contributed by atoms with van der Waals surface area (Å²) >= 11 is 7.08. The standard InChI is InChI=1S/C18H16ClN3OS/c1-2-5-16-15(18(23)24-17-6-3-4-11-20-17)12-21-22(16)14-9-7-13(19)8-10-14/h3-4,6-12H,2,5H2,1H3. The van der Waals surface area contributed by atoms with Crippen LogP contribution in [-0.4, -0.2) is 19.9 Å². The fraction of sp³-hybridized carbons (Fsp3) is 0.167. The zero-order chi connectivity index (χ0) is 16.9. The molecule has 2 heterocycles. The van der Waals surface area contributed by atoms with Crippen molar-refractivity contribution in [3.05, 3.63) is 71.1 Å². The summed E-state index contributed by atoms with van der Waals surface area (Å²) in [7, 11) is 0. The molecule has 0 atom stereocenters. The van der Waals surface area contributed by atoms with E-state index in [2.05, 4.69) is 17.0 Å². The zero-order valence-electron chi connectivity index (χ0n) is 13.1. The highest BCUT2D eigenvalue weighted by Crippen LogP contribution is 2.25. The molecule has 4 nitrogen and oxygen atoms in total. The number of carbonyl (C=O) groups is 1. The van der Waals surface area contributed by atoms with Crippen molar-refractivity contribution in [3.63, 3.8) is 0 Å². The summed E-state index contributed by atoms with van der Waals surface area (Å²) in [6.07, 6.45) is 5.01. The zero-order valence-corrected chi connectivity index (χ0v) is 14.7. The monoisotopic (exact) mass is 357 g/mol. The highest BCUT2D eigenvalue weighted by atomic mass is 35.5. The second kappa shape index (κ2) is 7.64. The summed E-state index contributed by atoms with van der Waals surface area (Å²) in [6, 6.07) is 13.0. The molecule has 24 heavy (non-hydrogen) atoms. The lowest BCUT2D eigenvalue weighted by molar-refractivity contribution is 0.108. The molecule has 3 rings (SSSR count). The molecule has 3 aromatic rings. The van der Waals surface area contributed by atoms with Gasteiger partial charge < -0.3 is 0 Å². The molecule has 2 aromatic heterocycles. The van der Waals surface area contributed by atoms with Crippen LogP contribution in [0.4, 0.5) is 0 Å². The Morgan fingerprint density at radius 1 is 1.21 bits per heavy atom. The Bertz CT molecular complexity index is 831. The Morgan fingerprint density at radius 3 is 2.67 bits per heavy atom. The lowest BCUT2D eigenvalue weighted by atomic mass is 10.1. The van der Waals surface area contributed by atoms with Gasteiger partial charge in [0.25, 0.3) is 0 Å². The molecule has 122 valence electrons. The van der Waals surface area contributed by atoms with Crippen LogP contribution in [0.2, 0.25) is 5.02 Å². The second-order valence-electron chi connectivity index (χ2n) is 5.20. The number of hydrogen-bond donors (Lipinski definition) is 0. The molecule has 0 spiro atoms. The maximum atomic E-state index is 12.7. The van der Waals surface area contributed by atoms with Gasteiger partial charge in [-0.05, 0) is 54.6 Å². The minimum absolute atomic E-state index is 0.0441. The third-order valence-corrected chi connectivity index (χ3v) is 4.59. The van der Waals surface area contributed by atoms with Crippen LogP contribution in [0.25, 0.3) is 5.69 Å². The minimum Gasteiger partial charge on any atom is -0.281 e. The average molecular weight is 358 g/mol. The molecule has 0 aliphatic heterocycles. The summed E-state index contributed by atoms with van der Waals surface area (Å²) in [5.41, 5.74) is 2.43. The molecule has 0 N–H and O–H groups in total. The summed E-state index contributed by atoms with van der Waals surface area (Å²) in [5, 5.41) is 5.73. The van der Waals surface area contributed by atoms with E-state index in [4.69, 9.17) is 11.6 Å². The van der Waals surface area contributed by atoms with Crippen LogP contribution in [0.15, 0.2) is 59.9 Å². The summed E-state index contributed by atoms with van der Waals surface area (Å²) in [5.74, 6) is 0. The van der Waals surface area contributed by atoms with Crippen LogP contribution in [-0.2, 0) is 6.42 Å². The molecule has 0 fully saturated rings. The van der Waals surface area contributed by atoms with Gasteiger partial charge in [0.05, 0.1) is 23.1 Å². The van der Waals surface area contributed by atoms with Gasteiger partial charge in [0.15, 0.2) is 0 Å². The third-order valence-electron chi connectivity index (χ3n) is 3.48. The van der Waals surface area contributed by atoms with Crippen molar-refractivity contribution in [2.75, 3.05) is 0 Å². The van der Waals surface area contributed by atoms with E-state index in [0.717, 1.165) is 36.0 Å². The van der Waals surface area contributed by atoms with Crippen molar-refractivity contribution in [2.45, 2.75) is 24.8 Å². The van der Waals surface area contributed by atoms with Gasteiger partial charge in [-0.15, -0.1) is 0 Å². The first-order valence-electron chi connectivity index (χ1n) is 7.65. The van der Waals surface area contributed by atoms with Crippen molar-refractivity contribution in [3.8, 4) is 5.69 Å². The fourth-order valence-corrected chi connectivity index (χ4v) is 3.24. The van der Waals surface area contributed by atoms with Crippen molar-refractivity contribution >= 4 is 28.5 Å². The summed E-state index contributed by atoms with van der Waals surface area (Å²) in [6.45, 7) is 2.08. The highest BCUT2D eigenvalue weighted by molar-refractivity contribution is 8.14. The number of aromatic nitrogens is 3. The number of pyridine rings is 1. The van der Waals surface area contributed by atoms with Crippen LogP contribution >= 0.6 is 23.4 Å². The van der Waals surface area contributed by atoms with E-state index >= 15 is 0 Å². The van der Waals surface area contributed by atoms with Gasteiger partial charge in [0.2, 0.25) is 5.12 Å². The van der Waals surface area contributed by atoms with Gasteiger partial charge in [-0.1, -0.05) is 31.0 Å². The molecule has 0 bridgehead atoms. The number of carbonyl (C=O) groups excluding carboxylic acids is 1. The van der Waals surface area contributed by atoms with Crippen molar-refractivity contribution in [1.29, 1.82) is 0 Å². The molecule has 0 aliphatic carbocycles. The van der Waals surface area contributed by atoms with E-state index in [1.807, 2.05) is 47.1 Å². The lowest BCUT2D eigenvalue weighted by Gasteiger charge is -2.08. The van der Waals surface area contributed by atoms with Gasteiger partial charge in [-0.3, -0.25) is 4.79 Å². The van der Waals surface area contributed by atoms with Crippen LogP contribution in [0.3, 0.4) is 0 Å². The Balaban J connectivity index is 1.93. The maximum absolute atomic E-state index is 12.7. The molecule has 0 radical (unpaired) electrons. The van der Waals surface area contributed by atoms with Crippen molar-refractivity contribution < 1.29 is 4.79 Å². The maximum Gasteiger partial charge on any atom is 0.229 e. The Hall–Kier alpha value is -2.11. The highest BCUT2D eigenvalue weighted by Gasteiger charge is 2.19. The van der Waals surface area contributed by atoms with Gasteiger partial charge in [0, 0.05) is 11.2 Å². The normalized spacial score (nSPS) is 10.8. The van der Waals surface area contributed by atoms with E-state index in [1.165, 1.54) is 0 Å².